The van der Waals surface area contributed by atoms with Gasteiger partial charge in [0.25, 0.3) is 0 Å². The number of hydrogen-bond donors (Lipinski definition) is 0. The Labute approximate surface area is 180 Å². The van der Waals surface area contributed by atoms with Crippen molar-refractivity contribution >= 4 is 11.6 Å². The Bertz CT molecular complexity index is 1040. The Hall–Kier alpha value is -2.48. The van der Waals surface area contributed by atoms with Crippen molar-refractivity contribution < 1.29 is 9.38 Å². The van der Waals surface area contributed by atoms with Gasteiger partial charge in [0.2, 0.25) is 5.88 Å². The van der Waals surface area contributed by atoms with Crippen molar-refractivity contribution in [1.82, 2.24) is 19.7 Å². The van der Waals surface area contributed by atoms with Crippen LogP contribution in [0.1, 0.15) is 48.8 Å². The summed E-state index contributed by atoms with van der Waals surface area (Å²) in [6.07, 6.45) is 5.71. The van der Waals surface area contributed by atoms with Gasteiger partial charge in [0.05, 0.1) is 12.7 Å². The van der Waals surface area contributed by atoms with Gasteiger partial charge in [0, 0.05) is 28.8 Å². The summed E-state index contributed by atoms with van der Waals surface area (Å²) < 4.78 is 7.71. The molecule has 5 rings (SSSR count). The highest BCUT2D eigenvalue weighted by atomic mass is 35.5. The Morgan fingerprint density at radius 2 is 1.93 bits per heavy atom. The average Bonchev–Trinajstić information content (AvgIpc) is 3.07. The molecule has 7 nitrogen and oxygen atoms in total. The molecule has 0 amide bonds. The number of pyridine rings is 1. The maximum atomic E-state index is 13.0. The van der Waals surface area contributed by atoms with Gasteiger partial charge < -0.3 is 14.6 Å². The van der Waals surface area contributed by atoms with E-state index in [0.717, 1.165) is 48.6 Å². The fourth-order valence-corrected chi connectivity index (χ4v) is 4.80. The van der Waals surface area contributed by atoms with E-state index in [-0.39, 0.29) is 18.6 Å². The van der Waals surface area contributed by atoms with Gasteiger partial charge in [-0.15, -0.1) is 10.2 Å². The fraction of sp³-hybridized carbons (Fsp3) is 0.409. The van der Waals surface area contributed by atoms with Gasteiger partial charge in [-0.05, 0) is 49.9 Å². The van der Waals surface area contributed by atoms with E-state index in [0.29, 0.717) is 17.4 Å². The average molecular weight is 426 g/mol. The van der Waals surface area contributed by atoms with Crippen LogP contribution in [-0.4, -0.2) is 37.5 Å². The molecule has 2 aromatic heterocycles. The first-order valence-electron chi connectivity index (χ1n) is 10.3. The Kier molecular flexibility index (Phi) is 4.97. The Morgan fingerprint density at radius 3 is 2.70 bits per heavy atom. The minimum absolute atomic E-state index is 0.162. The van der Waals surface area contributed by atoms with Gasteiger partial charge in [-0.3, -0.25) is 4.57 Å². The minimum atomic E-state index is -0.421. The lowest BCUT2D eigenvalue weighted by Crippen LogP contribution is -2.35. The third kappa shape index (κ3) is 3.80. The third-order valence-corrected chi connectivity index (χ3v) is 6.22. The molecule has 0 radical (unpaired) electrons. The molecule has 0 N–H and O–H groups in total. The van der Waals surface area contributed by atoms with Crippen LogP contribution in [0.15, 0.2) is 42.6 Å². The molecule has 3 aromatic rings. The lowest BCUT2D eigenvalue weighted by atomic mass is 9.86. The fourth-order valence-electron chi connectivity index (χ4n) is 4.60. The zero-order chi connectivity index (χ0) is 20.7. The van der Waals surface area contributed by atoms with Crippen LogP contribution < -0.4 is 4.74 Å². The number of aromatic nitrogens is 4. The molecule has 1 fully saturated rings. The first-order chi connectivity index (χ1) is 14.5. The number of fused-ring (bicyclic) bond motifs is 3. The molecule has 30 heavy (non-hydrogen) atoms. The van der Waals surface area contributed by atoms with E-state index in [1.54, 1.807) is 13.2 Å². The Balaban J connectivity index is 1.41. The van der Waals surface area contributed by atoms with Gasteiger partial charge in [0.1, 0.15) is 25.0 Å². The van der Waals surface area contributed by atoms with Crippen molar-refractivity contribution in [1.29, 1.82) is 0 Å². The number of benzene rings is 1. The van der Waals surface area contributed by atoms with Crippen molar-refractivity contribution in [3.63, 3.8) is 0 Å². The molecule has 1 atom stereocenters. The summed E-state index contributed by atoms with van der Waals surface area (Å²) in [5.41, 5.74) is 1.91. The highest BCUT2D eigenvalue weighted by Gasteiger charge is 2.32. The first-order valence-corrected chi connectivity index (χ1v) is 10.7. The zero-order valence-corrected chi connectivity index (χ0v) is 17.6. The molecule has 8 heteroatoms. The predicted molar refractivity (Wildman–Crippen MR) is 113 cm³/mol. The third-order valence-electron chi connectivity index (χ3n) is 5.98. The van der Waals surface area contributed by atoms with Crippen LogP contribution in [0.3, 0.4) is 0 Å². The van der Waals surface area contributed by atoms with Crippen molar-refractivity contribution in [2.75, 3.05) is 7.05 Å². The lowest BCUT2D eigenvalue weighted by Gasteiger charge is -2.36. The van der Waals surface area contributed by atoms with Gasteiger partial charge in [-0.2, -0.15) is 0 Å². The molecule has 1 aromatic carbocycles. The van der Waals surface area contributed by atoms with Gasteiger partial charge in [0.15, 0.2) is 5.82 Å². The number of quaternary nitrogens is 1. The van der Waals surface area contributed by atoms with Crippen LogP contribution in [0.25, 0.3) is 5.69 Å². The van der Waals surface area contributed by atoms with Crippen molar-refractivity contribution in [3.8, 4) is 11.6 Å². The monoisotopic (exact) mass is 425 g/mol. The number of hydroxylamine groups is 3. The topological polar surface area (TPSA) is 75.9 Å². The highest BCUT2D eigenvalue weighted by Crippen LogP contribution is 2.37. The van der Waals surface area contributed by atoms with E-state index in [9.17, 15) is 5.21 Å². The molecular formula is C22H24ClN5O2. The summed E-state index contributed by atoms with van der Waals surface area (Å²) in [4.78, 5) is 4.26. The van der Waals surface area contributed by atoms with E-state index in [4.69, 9.17) is 16.3 Å². The van der Waals surface area contributed by atoms with Crippen LogP contribution in [0.2, 0.25) is 5.02 Å². The van der Waals surface area contributed by atoms with E-state index >= 15 is 0 Å². The molecule has 0 saturated heterocycles. The first kappa shape index (κ1) is 19.5. The molecule has 3 heterocycles. The normalized spacial score (nSPS) is 25.8. The number of halogens is 1. The maximum Gasteiger partial charge on any atom is 0.213 e. The SMILES string of the molecule is C[N+]1([O-])Cc2cc(Cl)ccc2-n2c(nnc2C2CCC(Oc3ccccn3)CC2)C1. The van der Waals surface area contributed by atoms with Gasteiger partial charge in [-0.1, -0.05) is 17.7 Å². The van der Waals surface area contributed by atoms with Crippen molar-refractivity contribution in [2.24, 2.45) is 0 Å². The summed E-state index contributed by atoms with van der Waals surface area (Å²) >= 11 is 6.23. The molecule has 0 spiro atoms. The summed E-state index contributed by atoms with van der Waals surface area (Å²) in [6, 6.07) is 11.5. The van der Waals surface area contributed by atoms with E-state index < -0.39 is 4.65 Å². The molecule has 2 aliphatic rings. The van der Waals surface area contributed by atoms with Crippen LogP contribution >= 0.6 is 11.6 Å². The zero-order valence-electron chi connectivity index (χ0n) is 16.9. The molecule has 156 valence electrons. The number of ether oxygens (including phenoxy) is 1. The summed E-state index contributed by atoms with van der Waals surface area (Å²) in [6.45, 7) is 0.654. The Morgan fingerprint density at radius 1 is 1.10 bits per heavy atom. The second-order valence-electron chi connectivity index (χ2n) is 8.46. The summed E-state index contributed by atoms with van der Waals surface area (Å²) in [5, 5.41) is 22.6. The minimum Gasteiger partial charge on any atom is -0.632 e. The van der Waals surface area contributed by atoms with Gasteiger partial charge >= 0.3 is 0 Å². The van der Waals surface area contributed by atoms with Crippen LogP contribution in [0.5, 0.6) is 5.88 Å². The smallest absolute Gasteiger partial charge is 0.213 e. The number of hydrogen-bond acceptors (Lipinski definition) is 5. The lowest BCUT2D eigenvalue weighted by molar-refractivity contribution is -0.888. The number of nitrogens with zero attached hydrogens (tertiary/aromatic N) is 5. The second-order valence-corrected chi connectivity index (χ2v) is 8.89. The molecule has 0 bridgehead atoms. The van der Waals surface area contributed by atoms with Crippen molar-refractivity contribution in [2.45, 2.75) is 50.8 Å². The maximum absolute atomic E-state index is 13.0. The second kappa shape index (κ2) is 7.65. The predicted octanol–water partition coefficient (Wildman–Crippen LogP) is 4.38. The van der Waals surface area contributed by atoms with Crippen molar-refractivity contribution in [3.05, 3.63) is 70.0 Å². The molecular weight excluding hydrogens is 402 g/mol. The molecule has 1 unspecified atom stereocenters. The molecule has 1 saturated carbocycles. The quantitative estimate of drug-likeness (QED) is 0.459. The van der Waals surface area contributed by atoms with E-state index in [1.165, 1.54) is 0 Å². The number of rotatable bonds is 3. The summed E-state index contributed by atoms with van der Waals surface area (Å²) in [7, 11) is 1.68. The van der Waals surface area contributed by atoms with E-state index in [1.807, 2.05) is 36.4 Å². The summed E-state index contributed by atoms with van der Waals surface area (Å²) in [5.74, 6) is 2.61. The van der Waals surface area contributed by atoms with Crippen LogP contribution in [0.4, 0.5) is 0 Å². The molecule has 1 aliphatic heterocycles. The highest BCUT2D eigenvalue weighted by molar-refractivity contribution is 6.30. The van der Waals surface area contributed by atoms with Gasteiger partial charge in [-0.25, -0.2) is 4.98 Å². The van der Waals surface area contributed by atoms with Crippen LogP contribution in [0, 0.1) is 5.21 Å². The standard InChI is InChI=1S/C22H24ClN5O2/c1-28(29)13-16-12-17(23)7-10-19(16)27-20(14-28)25-26-22(27)15-5-8-18(9-6-15)30-21-4-2-3-11-24-21/h2-4,7,10-12,15,18H,5-6,8-9,13-14H2,1H3. The largest absolute Gasteiger partial charge is 0.632 e. The van der Waals surface area contributed by atoms with E-state index in [2.05, 4.69) is 19.7 Å². The molecule has 1 aliphatic carbocycles. The van der Waals surface area contributed by atoms with Crippen LogP contribution in [-0.2, 0) is 13.1 Å².